The monoisotopic (exact) mass is 372 g/mol. The number of anilines is 1. The van der Waals surface area contributed by atoms with Gasteiger partial charge >= 0.3 is 0 Å². The molecule has 0 radical (unpaired) electrons. The highest BCUT2D eigenvalue weighted by Crippen LogP contribution is 2.31. The summed E-state index contributed by atoms with van der Waals surface area (Å²) in [5.41, 5.74) is 0.437. The summed E-state index contributed by atoms with van der Waals surface area (Å²) in [6.07, 6.45) is 0. The number of nitrogens with zero attached hydrogens (tertiary/aromatic N) is 2. The van der Waals surface area contributed by atoms with Gasteiger partial charge < -0.3 is 9.64 Å². The second kappa shape index (κ2) is 6.34. The number of ether oxygens (including phenoxy) is 1. The Morgan fingerprint density at radius 1 is 1.29 bits per heavy atom. The maximum atomic E-state index is 12.5. The molecule has 0 saturated carbocycles. The van der Waals surface area contributed by atoms with Gasteiger partial charge in [-0.15, -0.1) is 0 Å². The number of benzene rings is 1. The minimum absolute atomic E-state index is 0.117. The summed E-state index contributed by atoms with van der Waals surface area (Å²) in [7, 11) is -3.70. The van der Waals surface area contributed by atoms with E-state index in [1.54, 1.807) is 11.8 Å². The van der Waals surface area contributed by atoms with E-state index < -0.39 is 21.8 Å². The molecule has 2 amide bonds. The van der Waals surface area contributed by atoms with E-state index in [4.69, 9.17) is 16.3 Å². The van der Waals surface area contributed by atoms with E-state index in [1.807, 2.05) is 0 Å². The van der Waals surface area contributed by atoms with Crippen molar-refractivity contribution in [1.29, 1.82) is 0 Å². The Balaban J connectivity index is 1.90. The largest absolute Gasteiger partial charge is 0.378 e. The highest BCUT2D eigenvalue weighted by atomic mass is 35.5. The molecule has 2 aliphatic rings. The first kappa shape index (κ1) is 17.2. The van der Waals surface area contributed by atoms with Crippen LogP contribution in [-0.2, 0) is 19.6 Å². The average Bonchev–Trinajstić information content (AvgIpc) is 2.75. The van der Waals surface area contributed by atoms with Gasteiger partial charge in [0.1, 0.15) is 0 Å². The molecule has 1 atom stereocenters. The van der Waals surface area contributed by atoms with Gasteiger partial charge in [0, 0.05) is 13.1 Å². The maximum absolute atomic E-state index is 12.5. The number of carbonyl (C=O) groups is 2. The average molecular weight is 373 g/mol. The van der Waals surface area contributed by atoms with Crippen LogP contribution in [0.4, 0.5) is 5.69 Å². The molecule has 2 fully saturated rings. The molecule has 1 aromatic carbocycles. The summed E-state index contributed by atoms with van der Waals surface area (Å²) in [5, 5.41) is 0.117. The van der Waals surface area contributed by atoms with Crippen LogP contribution in [-0.4, -0.2) is 57.2 Å². The highest BCUT2D eigenvalue weighted by molar-refractivity contribution is 7.94. The lowest BCUT2D eigenvalue weighted by Crippen LogP contribution is -2.40. The van der Waals surface area contributed by atoms with E-state index in [0.29, 0.717) is 26.3 Å². The number of rotatable bonds is 2. The third-order valence-electron chi connectivity index (χ3n) is 4.08. The van der Waals surface area contributed by atoms with Crippen molar-refractivity contribution in [3.05, 3.63) is 28.8 Å². The molecule has 0 aromatic heterocycles. The molecule has 3 rings (SSSR count). The Kier molecular flexibility index (Phi) is 4.54. The molecular formula is C15H17ClN2O5S. The fourth-order valence-electron chi connectivity index (χ4n) is 2.83. The zero-order valence-electron chi connectivity index (χ0n) is 13.1. The van der Waals surface area contributed by atoms with Gasteiger partial charge in [-0.05, 0) is 18.2 Å². The van der Waals surface area contributed by atoms with Gasteiger partial charge in [-0.3, -0.25) is 9.59 Å². The quantitative estimate of drug-likeness (QED) is 0.776. The van der Waals surface area contributed by atoms with Crippen LogP contribution in [0.5, 0.6) is 0 Å². The smallest absolute Gasteiger partial charge is 0.255 e. The van der Waals surface area contributed by atoms with Gasteiger partial charge in [-0.25, -0.2) is 12.7 Å². The molecule has 0 aliphatic carbocycles. The summed E-state index contributed by atoms with van der Waals surface area (Å²) >= 11 is 6.19. The van der Waals surface area contributed by atoms with Gasteiger partial charge in [-0.2, -0.15) is 0 Å². The fourth-order valence-corrected chi connectivity index (χ4v) is 4.90. The Hall–Kier alpha value is -1.64. The molecule has 2 heterocycles. The standard InChI is InChI=1S/C15H17ClN2O5S/c1-10-9-24(21,22)18(14(10)19)11-2-3-12(13(16)8-11)15(20)17-4-6-23-7-5-17/h2-3,8,10H,4-7,9H2,1H3/t10-/m0/s1. The molecule has 24 heavy (non-hydrogen) atoms. The minimum Gasteiger partial charge on any atom is -0.378 e. The summed E-state index contributed by atoms with van der Waals surface area (Å²) < 4.78 is 30.2. The van der Waals surface area contributed by atoms with E-state index in [9.17, 15) is 18.0 Å². The molecule has 1 aromatic rings. The molecule has 0 bridgehead atoms. The lowest BCUT2D eigenvalue weighted by molar-refractivity contribution is -0.119. The number of halogens is 1. The predicted molar refractivity (Wildman–Crippen MR) is 88.6 cm³/mol. The Morgan fingerprint density at radius 2 is 1.96 bits per heavy atom. The third kappa shape index (κ3) is 3.01. The van der Waals surface area contributed by atoms with Crippen LogP contribution in [0.3, 0.4) is 0 Å². The molecule has 0 N–H and O–H groups in total. The van der Waals surface area contributed by atoms with E-state index >= 15 is 0 Å². The summed E-state index contributed by atoms with van der Waals surface area (Å²) in [4.78, 5) is 26.2. The summed E-state index contributed by atoms with van der Waals surface area (Å²) in [6, 6.07) is 4.25. The van der Waals surface area contributed by atoms with Crippen molar-refractivity contribution in [2.45, 2.75) is 6.92 Å². The Bertz CT molecular complexity index is 789. The van der Waals surface area contributed by atoms with E-state index in [2.05, 4.69) is 0 Å². The molecule has 2 aliphatic heterocycles. The third-order valence-corrected chi connectivity index (χ3v) is 6.26. The second-order valence-corrected chi connectivity index (χ2v) is 8.12. The van der Waals surface area contributed by atoms with Crippen molar-refractivity contribution in [3.63, 3.8) is 0 Å². The highest BCUT2D eigenvalue weighted by Gasteiger charge is 2.42. The van der Waals surface area contributed by atoms with Crippen LogP contribution in [0.25, 0.3) is 0 Å². The molecular weight excluding hydrogens is 356 g/mol. The molecule has 7 nitrogen and oxygen atoms in total. The normalized spacial score (nSPS) is 23.6. The zero-order valence-corrected chi connectivity index (χ0v) is 14.6. The van der Waals surface area contributed by atoms with E-state index in [0.717, 1.165) is 4.31 Å². The first-order valence-corrected chi connectivity index (χ1v) is 9.53. The molecule has 0 spiro atoms. The van der Waals surface area contributed by atoms with Gasteiger partial charge in [0.05, 0.1) is 41.2 Å². The first-order valence-electron chi connectivity index (χ1n) is 7.54. The van der Waals surface area contributed by atoms with E-state index in [-0.39, 0.29) is 27.9 Å². The van der Waals surface area contributed by atoms with Crippen molar-refractivity contribution in [2.75, 3.05) is 36.4 Å². The van der Waals surface area contributed by atoms with Crippen molar-refractivity contribution in [2.24, 2.45) is 5.92 Å². The lowest BCUT2D eigenvalue weighted by Gasteiger charge is -2.27. The SMILES string of the molecule is C[C@H]1CS(=O)(=O)N(c2ccc(C(=O)N3CCOCC3)c(Cl)c2)C1=O. The van der Waals surface area contributed by atoms with Crippen LogP contribution in [0.1, 0.15) is 17.3 Å². The number of hydrogen-bond donors (Lipinski definition) is 0. The number of carbonyl (C=O) groups excluding carboxylic acids is 2. The van der Waals surface area contributed by atoms with Gasteiger partial charge in [-0.1, -0.05) is 18.5 Å². The minimum atomic E-state index is -3.70. The van der Waals surface area contributed by atoms with Crippen molar-refractivity contribution < 1.29 is 22.7 Å². The van der Waals surface area contributed by atoms with Crippen LogP contribution >= 0.6 is 11.6 Å². The van der Waals surface area contributed by atoms with Crippen LogP contribution in [0, 0.1) is 5.92 Å². The number of hydrogen-bond acceptors (Lipinski definition) is 5. The van der Waals surface area contributed by atoms with Crippen LogP contribution in [0.2, 0.25) is 5.02 Å². The number of morpholine rings is 1. The van der Waals surface area contributed by atoms with Gasteiger partial charge in [0.2, 0.25) is 15.9 Å². The fraction of sp³-hybridized carbons (Fsp3) is 0.467. The molecule has 130 valence electrons. The molecule has 9 heteroatoms. The lowest BCUT2D eigenvalue weighted by atomic mass is 10.1. The van der Waals surface area contributed by atoms with Gasteiger partial charge in [0.15, 0.2) is 0 Å². The van der Waals surface area contributed by atoms with Crippen molar-refractivity contribution in [1.82, 2.24) is 4.90 Å². The topological polar surface area (TPSA) is 84.0 Å². The Morgan fingerprint density at radius 3 is 2.50 bits per heavy atom. The number of amides is 2. The molecule has 2 saturated heterocycles. The summed E-state index contributed by atoms with van der Waals surface area (Å²) in [5.74, 6) is -1.54. The van der Waals surface area contributed by atoms with Crippen molar-refractivity contribution >= 4 is 39.1 Å². The summed E-state index contributed by atoms with van der Waals surface area (Å²) in [6.45, 7) is 3.47. The van der Waals surface area contributed by atoms with Crippen LogP contribution in [0.15, 0.2) is 18.2 Å². The van der Waals surface area contributed by atoms with Crippen molar-refractivity contribution in [3.8, 4) is 0 Å². The predicted octanol–water partition coefficient (Wildman–Crippen LogP) is 1.12. The van der Waals surface area contributed by atoms with Crippen LogP contribution < -0.4 is 4.31 Å². The first-order chi connectivity index (χ1) is 11.3. The van der Waals surface area contributed by atoms with Gasteiger partial charge in [0.25, 0.3) is 5.91 Å². The zero-order chi connectivity index (χ0) is 17.5. The Labute approximate surface area is 145 Å². The molecule has 0 unspecified atom stereocenters. The number of sulfonamides is 1. The maximum Gasteiger partial charge on any atom is 0.255 e. The van der Waals surface area contributed by atoms with E-state index in [1.165, 1.54) is 18.2 Å². The second-order valence-electron chi connectivity index (χ2n) is 5.85.